The van der Waals surface area contributed by atoms with Crippen LogP contribution in [0.2, 0.25) is 0 Å². The van der Waals surface area contributed by atoms with Crippen LogP contribution in [0.15, 0.2) is 66.7 Å². The second-order valence-electron chi connectivity index (χ2n) is 25.0. The Morgan fingerprint density at radius 1 is 0.424 bits per heavy atom. The Bertz CT molecular complexity index is 3400. The minimum Gasteiger partial charge on any atom is -0.495 e. The van der Waals surface area contributed by atoms with Crippen LogP contribution < -0.4 is 72.1 Å². The molecule has 4 heterocycles. The van der Waals surface area contributed by atoms with Gasteiger partial charge >= 0.3 is 6.09 Å². The number of benzene rings is 4. The number of amides is 10. The van der Waals surface area contributed by atoms with Crippen molar-refractivity contribution in [3.8, 4) is 23.0 Å². The van der Waals surface area contributed by atoms with E-state index in [2.05, 4.69) is 58.1 Å². The third-order valence-corrected chi connectivity index (χ3v) is 17.0. The average Bonchev–Trinajstić information content (AvgIpc) is 0.813. The van der Waals surface area contributed by atoms with Crippen LogP contribution in [0.5, 0.6) is 23.0 Å². The maximum Gasteiger partial charge on any atom is 0.407 e. The maximum absolute atomic E-state index is 14.9. The fourth-order valence-electron chi connectivity index (χ4n) is 11.9. The van der Waals surface area contributed by atoms with Gasteiger partial charge in [-0.25, -0.2) is 4.79 Å². The van der Waals surface area contributed by atoms with Crippen molar-refractivity contribution in [1.29, 1.82) is 0 Å². The Kier molecular flexibility index (Phi) is 29.9. The van der Waals surface area contributed by atoms with Crippen molar-refractivity contribution in [3.05, 3.63) is 117 Å². The molecule has 29 nitrogen and oxygen atoms in total. The lowest BCUT2D eigenvalue weighted by atomic mass is 10.0. The van der Waals surface area contributed by atoms with Gasteiger partial charge in [0.05, 0.1) is 72.9 Å². The summed E-state index contributed by atoms with van der Waals surface area (Å²) >= 11 is 0. The van der Waals surface area contributed by atoms with Crippen molar-refractivity contribution in [2.75, 3.05) is 166 Å². The van der Waals surface area contributed by atoms with E-state index in [4.69, 9.17) is 23.7 Å². The molecule has 0 aliphatic carbocycles. The first-order valence-corrected chi connectivity index (χ1v) is 33.8. The molecule has 0 aromatic heterocycles. The van der Waals surface area contributed by atoms with Gasteiger partial charge < -0.3 is 76.9 Å². The Hall–Kier alpha value is -9.58. The first-order chi connectivity index (χ1) is 47.7. The molecule has 0 fully saturated rings. The zero-order valence-corrected chi connectivity index (χ0v) is 58.2. The average molecular weight is 1380 g/mol. The van der Waals surface area contributed by atoms with Crippen LogP contribution >= 0.6 is 0 Å². The highest BCUT2D eigenvalue weighted by Gasteiger charge is 2.30. The zero-order chi connectivity index (χ0) is 71.4. The minimum atomic E-state index is -0.744. The lowest BCUT2D eigenvalue weighted by molar-refractivity contribution is 0.0524. The Labute approximate surface area is 578 Å². The number of alkyl carbamates (subject to hydrolysis) is 1. The topological polar surface area (TPSA) is 350 Å². The molecule has 3 atom stereocenters. The molecule has 99 heavy (non-hydrogen) atoms. The van der Waals surface area contributed by atoms with Gasteiger partial charge in [-0.05, 0) is 88.6 Å². The second-order valence-corrected chi connectivity index (χ2v) is 25.0. The molecule has 10 amide bonds. The third-order valence-electron chi connectivity index (χ3n) is 17.0. The van der Waals surface area contributed by atoms with Crippen molar-refractivity contribution in [1.82, 2.24) is 72.8 Å². The van der Waals surface area contributed by atoms with Crippen LogP contribution in [-0.4, -0.2) is 256 Å². The predicted octanol–water partition coefficient (Wildman–Crippen LogP) is 2.50. The van der Waals surface area contributed by atoms with E-state index in [0.717, 1.165) is 6.42 Å². The van der Waals surface area contributed by atoms with Crippen molar-refractivity contribution in [2.45, 2.75) is 71.4 Å². The van der Waals surface area contributed by atoms with Gasteiger partial charge in [0.2, 0.25) is 0 Å². The van der Waals surface area contributed by atoms with E-state index < -0.39 is 70.9 Å². The normalized spacial score (nSPS) is 20.2. The third kappa shape index (κ3) is 22.5. The molecule has 538 valence electrons. The highest BCUT2D eigenvalue weighted by atomic mass is 16.6. The van der Waals surface area contributed by atoms with Gasteiger partial charge in [0, 0.05) is 149 Å². The van der Waals surface area contributed by atoms with Gasteiger partial charge in [-0.2, -0.15) is 0 Å². The standard InChI is InChI=1S/C70H98N14O15/c1-9-10-23-71-60(85)46-43-54-59(98-8)55(44-46)68(93)79-32-40-84-39-31-78-66(91)53-22-15-19-50(58(53)97-7)63(88)74-27-35-82(36-28-77-67(54)92)42-41-81-33-25-72-61(86)48-17-13-20-51(56(48)95-5)64(89)75-29-37-83(45-47(84)16-11-12-24-80-69(94)99-70(2,3)4)38-30-76-65(90)52-21-14-18-49(57(52)96-6)62(87)73-26-34-81/h13-15,17-22,43-44,47H,9-12,16,23-42,45H2,1-8H3,(H,71,85)(H,72,86)(H,73,87)(H,74,88)(H,75,89)(H,76,90)(H,77,92)(H,78,91)(H,79,93)(H,80,94). The van der Waals surface area contributed by atoms with Crippen molar-refractivity contribution in [2.24, 2.45) is 0 Å². The molecule has 4 aromatic carbocycles. The van der Waals surface area contributed by atoms with Crippen LogP contribution in [0.1, 0.15) is 153 Å². The zero-order valence-electron chi connectivity index (χ0n) is 58.2. The number of nitrogens with one attached hydrogen (secondary N) is 10. The molecule has 0 saturated carbocycles. The Morgan fingerprint density at radius 2 is 0.737 bits per heavy atom. The first kappa shape index (κ1) is 76.8. The fraction of sp³-hybridized carbons (Fsp3) is 0.514. The van der Waals surface area contributed by atoms with Crippen LogP contribution in [0.3, 0.4) is 0 Å². The lowest BCUT2D eigenvalue weighted by Crippen LogP contribution is -2.51. The first-order valence-electron chi connectivity index (χ1n) is 33.8. The number of hydrogen-bond donors (Lipinski definition) is 10. The van der Waals surface area contributed by atoms with Crippen LogP contribution in [0, 0.1) is 0 Å². The van der Waals surface area contributed by atoms with E-state index in [1.807, 2.05) is 21.6 Å². The van der Waals surface area contributed by atoms with Gasteiger partial charge in [-0.15, -0.1) is 0 Å². The van der Waals surface area contributed by atoms with Crippen LogP contribution in [0.25, 0.3) is 0 Å². The van der Waals surface area contributed by atoms with Crippen molar-refractivity contribution in [3.63, 3.8) is 0 Å². The summed E-state index contributed by atoms with van der Waals surface area (Å²) in [4.78, 5) is 150. The molecule has 4 aliphatic rings. The Balaban J connectivity index is 1.40. The number of ether oxygens (including phenoxy) is 5. The summed E-state index contributed by atoms with van der Waals surface area (Å²) in [5, 5.41) is 29.7. The summed E-state index contributed by atoms with van der Waals surface area (Å²) in [5.41, 5.74) is -0.250. The molecule has 12 bridgehead atoms. The number of carbonyl (C=O) groups excluding carboxylic acids is 10. The van der Waals surface area contributed by atoms with E-state index >= 15 is 0 Å². The molecule has 0 spiro atoms. The fourth-order valence-corrected chi connectivity index (χ4v) is 11.9. The number of carbonyl (C=O) groups is 10. The van der Waals surface area contributed by atoms with Gasteiger partial charge in [0.1, 0.15) is 28.6 Å². The number of para-hydroxylation sites is 3. The number of nitrogens with zero attached hydrogens (tertiary/aromatic N) is 4. The quantitative estimate of drug-likeness (QED) is 0.0860. The molecule has 8 rings (SSSR count). The molecular weight excluding hydrogens is 1280 g/mol. The number of methoxy groups -OCH3 is 4. The van der Waals surface area contributed by atoms with Gasteiger partial charge in [0.25, 0.3) is 53.2 Å². The van der Waals surface area contributed by atoms with Crippen LogP contribution in [-0.2, 0) is 4.74 Å². The van der Waals surface area contributed by atoms with Crippen molar-refractivity contribution < 1.29 is 71.6 Å². The van der Waals surface area contributed by atoms with Crippen molar-refractivity contribution >= 4 is 59.3 Å². The molecular formula is C70H98N14O15. The summed E-state index contributed by atoms with van der Waals surface area (Å²) in [6, 6.07) is 16.4. The summed E-state index contributed by atoms with van der Waals surface area (Å²) < 4.78 is 28.8. The van der Waals surface area contributed by atoms with Crippen LogP contribution in [0.4, 0.5) is 4.79 Å². The summed E-state index contributed by atoms with van der Waals surface area (Å²) in [5.74, 6) is -4.89. The van der Waals surface area contributed by atoms with Gasteiger partial charge in [-0.1, -0.05) is 38.0 Å². The van der Waals surface area contributed by atoms with E-state index in [1.54, 1.807) is 75.4 Å². The second kappa shape index (κ2) is 38.5. The van der Waals surface area contributed by atoms with E-state index in [1.165, 1.54) is 40.6 Å². The number of unbranched alkanes of at least 4 members (excludes halogenated alkanes) is 2. The molecule has 4 aromatic rings. The SMILES string of the molecule is CCCCNC(=O)c1cc2c(OC)c(c1)C(=O)NCCN1CCNC(=O)c3cccc(c3OC)C(=O)NCCN(CCNC2=O)CCN2CCNC(=O)c3cccc(c3OC)C(=O)NCCN(CCNC(=O)c3cccc(c3OC)C(=O)NCC2)CC1CCCCNC(=O)OC(C)(C)C. The van der Waals surface area contributed by atoms with E-state index in [-0.39, 0.29) is 197 Å². The van der Waals surface area contributed by atoms with Gasteiger partial charge in [-0.3, -0.25) is 62.8 Å². The molecule has 29 heteroatoms. The Morgan fingerprint density at radius 3 is 1.07 bits per heavy atom. The minimum absolute atomic E-state index is 0.00794. The highest BCUT2D eigenvalue weighted by molar-refractivity contribution is 6.09. The maximum atomic E-state index is 14.9. The van der Waals surface area contributed by atoms with E-state index in [0.29, 0.717) is 38.8 Å². The molecule has 4 aliphatic heterocycles. The molecule has 10 N–H and O–H groups in total. The highest BCUT2D eigenvalue weighted by Crippen LogP contribution is 2.29. The summed E-state index contributed by atoms with van der Waals surface area (Å²) in [6.07, 6.45) is 2.33. The van der Waals surface area contributed by atoms with E-state index in [9.17, 15) is 47.9 Å². The number of fused-ring (bicyclic) bond motifs is 16. The molecule has 0 saturated heterocycles. The number of hydrogen-bond acceptors (Lipinski definition) is 19. The monoisotopic (exact) mass is 1370 g/mol. The smallest absolute Gasteiger partial charge is 0.407 e. The predicted molar refractivity (Wildman–Crippen MR) is 371 cm³/mol. The summed E-state index contributed by atoms with van der Waals surface area (Å²) in [7, 11) is 5.45. The van der Waals surface area contributed by atoms with Gasteiger partial charge in [0.15, 0.2) is 0 Å². The molecule has 0 radical (unpaired) electrons. The summed E-state index contributed by atoms with van der Waals surface area (Å²) in [6.45, 7) is 10.4. The molecule has 3 unspecified atom stereocenters. The lowest BCUT2D eigenvalue weighted by Gasteiger charge is -2.36. The largest absolute Gasteiger partial charge is 0.495 e. The number of rotatable bonds is 13.